The molecular formula is C13H21N3O2. The highest BCUT2D eigenvalue weighted by Crippen LogP contribution is 2.15. The lowest BCUT2D eigenvalue weighted by molar-refractivity contribution is 0.0247. The fraction of sp³-hybridized carbons (Fsp3) is 0.692. The quantitative estimate of drug-likeness (QED) is 0.869. The van der Waals surface area contributed by atoms with Crippen molar-refractivity contribution in [3.05, 3.63) is 12.4 Å². The summed E-state index contributed by atoms with van der Waals surface area (Å²) in [5.41, 5.74) is 0. The summed E-state index contributed by atoms with van der Waals surface area (Å²) >= 11 is 0. The molecule has 1 N–H and O–H groups in total. The van der Waals surface area contributed by atoms with Crippen LogP contribution < -0.4 is 10.1 Å². The normalized spacial score (nSPS) is 19.8. The summed E-state index contributed by atoms with van der Waals surface area (Å²) in [6, 6.07) is 1.82. The van der Waals surface area contributed by atoms with E-state index in [4.69, 9.17) is 9.47 Å². The molecule has 0 radical (unpaired) electrons. The standard InChI is InChI=1S/C13H21N3O2/c1-10(2)18-13-7-12(15-9-16-13)14-8-11-5-3-4-6-17-11/h7,9-11H,3-6,8H2,1-2H3,(H,14,15,16). The molecule has 1 aliphatic rings. The van der Waals surface area contributed by atoms with Gasteiger partial charge in [0, 0.05) is 19.2 Å². The molecule has 2 heterocycles. The van der Waals surface area contributed by atoms with Gasteiger partial charge >= 0.3 is 0 Å². The minimum Gasteiger partial charge on any atom is -0.475 e. The number of aromatic nitrogens is 2. The molecule has 5 nitrogen and oxygen atoms in total. The first-order chi connectivity index (χ1) is 8.74. The van der Waals surface area contributed by atoms with Crippen LogP contribution >= 0.6 is 0 Å². The van der Waals surface area contributed by atoms with E-state index < -0.39 is 0 Å². The number of nitrogens with zero attached hydrogens (tertiary/aromatic N) is 2. The van der Waals surface area contributed by atoms with Gasteiger partial charge in [0.25, 0.3) is 0 Å². The van der Waals surface area contributed by atoms with E-state index in [2.05, 4.69) is 15.3 Å². The molecule has 1 aromatic heterocycles. The Morgan fingerprint density at radius 1 is 1.44 bits per heavy atom. The first-order valence-electron chi connectivity index (χ1n) is 6.58. The Hall–Kier alpha value is -1.36. The van der Waals surface area contributed by atoms with Gasteiger partial charge < -0.3 is 14.8 Å². The highest BCUT2D eigenvalue weighted by molar-refractivity contribution is 5.37. The fourth-order valence-corrected chi connectivity index (χ4v) is 1.93. The van der Waals surface area contributed by atoms with Gasteiger partial charge in [-0.15, -0.1) is 0 Å². The third-order valence-electron chi connectivity index (χ3n) is 2.78. The summed E-state index contributed by atoms with van der Waals surface area (Å²) in [6.45, 7) is 5.62. The molecule has 1 fully saturated rings. The molecule has 1 unspecified atom stereocenters. The Balaban J connectivity index is 1.84. The van der Waals surface area contributed by atoms with E-state index in [-0.39, 0.29) is 6.10 Å². The molecule has 1 saturated heterocycles. The van der Waals surface area contributed by atoms with Crippen molar-refractivity contribution in [1.82, 2.24) is 9.97 Å². The number of hydrogen-bond acceptors (Lipinski definition) is 5. The predicted octanol–water partition coefficient (Wildman–Crippen LogP) is 2.24. The first kappa shape index (κ1) is 13.1. The van der Waals surface area contributed by atoms with Crippen LogP contribution in [0.4, 0.5) is 5.82 Å². The highest BCUT2D eigenvalue weighted by atomic mass is 16.5. The second-order valence-corrected chi connectivity index (χ2v) is 4.78. The Kier molecular flexibility index (Phi) is 4.75. The minimum absolute atomic E-state index is 0.120. The van der Waals surface area contributed by atoms with E-state index in [1.807, 2.05) is 19.9 Å². The predicted molar refractivity (Wildman–Crippen MR) is 69.9 cm³/mol. The smallest absolute Gasteiger partial charge is 0.218 e. The Bertz CT molecular complexity index is 365. The maximum Gasteiger partial charge on any atom is 0.218 e. The van der Waals surface area contributed by atoms with E-state index >= 15 is 0 Å². The van der Waals surface area contributed by atoms with Crippen molar-refractivity contribution in [2.45, 2.75) is 45.3 Å². The number of anilines is 1. The SMILES string of the molecule is CC(C)Oc1cc(NCC2CCCCO2)ncn1. The van der Waals surface area contributed by atoms with Crippen LogP contribution in [0.5, 0.6) is 5.88 Å². The molecule has 0 aromatic carbocycles. The van der Waals surface area contributed by atoms with Gasteiger partial charge in [-0.05, 0) is 33.1 Å². The van der Waals surface area contributed by atoms with Crippen LogP contribution in [0.15, 0.2) is 12.4 Å². The summed E-state index contributed by atoms with van der Waals surface area (Å²) in [5.74, 6) is 1.39. The van der Waals surface area contributed by atoms with Crippen molar-refractivity contribution >= 4 is 5.82 Å². The number of rotatable bonds is 5. The summed E-state index contributed by atoms with van der Waals surface area (Å²) in [6.07, 6.45) is 5.47. The number of hydrogen-bond donors (Lipinski definition) is 1. The summed E-state index contributed by atoms with van der Waals surface area (Å²) < 4.78 is 11.2. The molecule has 1 aliphatic heterocycles. The molecule has 2 rings (SSSR count). The molecule has 0 amide bonds. The summed E-state index contributed by atoms with van der Waals surface area (Å²) in [4.78, 5) is 8.24. The topological polar surface area (TPSA) is 56.3 Å². The van der Waals surface area contributed by atoms with Crippen LogP contribution in [-0.2, 0) is 4.74 Å². The van der Waals surface area contributed by atoms with Crippen LogP contribution in [0.2, 0.25) is 0 Å². The average Bonchev–Trinajstić information content (AvgIpc) is 2.37. The van der Waals surface area contributed by atoms with Gasteiger partial charge in [-0.2, -0.15) is 0 Å². The van der Waals surface area contributed by atoms with E-state index in [0.29, 0.717) is 12.0 Å². The van der Waals surface area contributed by atoms with Crippen molar-refractivity contribution < 1.29 is 9.47 Å². The molecule has 100 valence electrons. The van der Waals surface area contributed by atoms with Gasteiger partial charge in [0.2, 0.25) is 5.88 Å². The third-order valence-corrected chi connectivity index (χ3v) is 2.78. The van der Waals surface area contributed by atoms with Crippen LogP contribution in [0, 0.1) is 0 Å². The highest BCUT2D eigenvalue weighted by Gasteiger charge is 2.13. The van der Waals surface area contributed by atoms with Crippen LogP contribution in [-0.4, -0.2) is 35.3 Å². The summed E-state index contributed by atoms with van der Waals surface area (Å²) in [5, 5.41) is 3.27. The molecule has 0 aliphatic carbocycles. The number of ether oxygens (including phenoxy) is 2. The van der Waals surface area contributed by atoms with Crippen molar-refractivity contribution in [3.8, 4) is 5.88 Å². The van der Waals surface area contributed by atoms with E-state index in [0.717, 1.165) is 25.4 Å². The Morgan fingerprint density at radius 3 is 3.06 bits per heavy atom. The van der Waals surface area contributed by atoms with Gasteiger partial charge in [-0.25, -0.2) is 9.97 Å². The van der Waals surface area contributed by atoms with Crippen LogP contribution in [0.3, 0.4) is 0 Å². The lowest BCUT2D eigenvalue weighted by atomic mass is 10.1. The second-order valence-electron chi connectivity index (χ2n) is 4.78. The first-order valence-corrected chi connectivity index (χ1v) is 6.58. The van der Waals surface area contributed by atoms with Gasteiger partial charge in [-0.3, -0.25) is 0 Å². The van der Waals surface area contributed by atoms with Gasteiger partial charge in [0.15, 0.2) is 0 Å². The monoisotopic (exact) mass is 251 g/mol. The van der Waals surface area contributed by atoms with Crippen LogP contribution in [0.25, 0.3) is 0 Å². The molecule has 18 heavy (non-hydrogen) atoms. The molecular weight excluding hydrogens is 230 g/mol. The molecule has 5 heteroatoms. The van der Waals surface area contributed by atoms with Gasteiger partial charge in [0.05, 0.1) is 12.2 Å². The summed E-state index contributed by atoms with van der Waals surface area (Å²) in [7, 11) is 0. The number of nitrogens with one attached hydrogen (secondary N) is 1. The zero-order valence-electron chi connectivity index (χ0n) is 11.1. The fourth-order valence-electron chi connectivity index (χ4n) is 1.93. The van der Waals surface area contributed by atoms with E-state index in [1.54, 1.807) is 0 Å². The zero-order chi connectivity index (χ0) is 12.8. The van der Waals surface area contributed by atoms with Crippen LogP contribution in [0.1, 0.15) is 33.1 Å². The maximum absolute atomic E-state index is 5.66. The largest absolute Gasteiger partial charge is 0.475 e. The molecule has 0 spiro atoms. The Morgan fingerprint density at radius 2 is 2.33 bits per heavy atom. The average molecular weight is 251 g/mol. The lowest BCUT2D eigenvalue weighted by Gasteiger charge is -2.22. The zero-order valence-corrected chi connectivity index (χ0v) is 11.1. The lowest BCUT2D eigenvalue weighted by Crippen LogP contribution is -2.27. The van der Waals surface area contributed by atoms with E-state index in [9.17, 15) is 0 Å². The van der Waals surface area contributed by atoms with Crippen molar-refractivity contribution in [2.24, 2.45) is 0 Å². The third kappa shape index (κ3) is 4.14. The molecule has 0 bridgehead atoms. The van der Waals surface area contributed by atoms with Crippen molar-refractivity contribution in [1.29, 1.82) is 0 Å². The van der Waals surface area contributed by atoms with Crippen molar-refractivity contribution in [2.75, 3.05) is 18.5 Å². The van der Waals surface area contributed by atoms with Gasteiger partial charge in [-0.1, -0.05) is 0 Å². The molecule has 1 atom stereocenters. The van der Waals surface area contributed by atoms with E-state index in [1.165, 1.54) is 19.2 Å². The second kappa shape index (κ2) is 6.54. The molecule has 0 saturated carbocycles. The minimum atomic E-state index is 0.120. The Labute approximate surface area is 108 Å². The van der Waals surface area contributed by atoms with Gasteiger partial charge in [0.1, 0.15) is 12.1 Å². The molecule has 1 aromatic rings. The van der Waals surface area contributed by atoms with Crippen molar-refractivity contribution in [3.63, 3.8) is 0 Å². The maximum atomic E-state index is 5.66.